The molecule has 0 unspecified atom stereocenters. The van der Waals surface area contributed by atoms with Crippen molar-refractivity contribution in [3.05, 3.63) is 36.8 Å². The summed E-state index contributed by atoms with van der Waals surface area (Å²) in [4.78, 5) is 14.5. The maximum absolute atomic E-state index is 10.6. The van der Waals surface area contributed by atoms with Gasteiger partial charge in [-0.2, -0.15) is 0 Å². The Bertz CT molecular complexity index is 1110. The second-order valence-corrected chi connectivity index (χ2v) is 7.47. The number of aromatic nitrogens is 5. The number of rotatable bonds is 5. The zero-order chi connectivity index (χ0) is 23.6. The van der Waals surface area contributed by atoms with Gasteiger partial charge in [0.2, 0.25) is 11.8 Å². The summed E-state index contributed by atoms with van der Waals surface area (Å²) in [6, 6.07) is 6.69. The predicted octanol–water partition coefficient (Wildman–Crippen LogP) is 2.14. The maximum atomic E-state index is 10.6. The van der Waals surface area contributed by atoms with Gasteiger partial charge >= 0.3 is 0 Å². The number of ether oxygens (including phenoxy) is 1. The Morgan fingerprint density at radius 2 is 2.10 bits per heavy atom. The molecular formula is C21H25N7O2. The third-order valence-corrected chi connectivity index (χ3v) is 5.16. The second kappa shape index (κ2) is 8.58. The molecule has 3 heterocycles. The molecule has 156 valence electrons. The molecule has 3 aromatic rings. The summed E-state index contributed by atoms with van der Waals surface area (Å²) in [5.74, 6) is 0.948. The molecule has 1 fully saturated rings. The molecule has 0 radical (unpaired) electrons. The molecule has 2 aromatic heterocycles. The van der Waals surface area contributed by atoms with Crippen LogP contribution in [0.5, 0.6) is 11.6 Å². The van der Waals surface area contributed by atoms with Crippen molar-refractivity contribution in [2.75, 3.05) is 31.6 Å². The molecule has 1 atom stereocenters. The van der Waals surface area contributed by atoms with E-state index in [2.05, 4.69) is 49.2 Å². The van der Waals surface area contributed by atoms with Crippen LogP contribution in [0.2, 0.25) is 0 Å². The zero-order valence-corrected chi connectivity index (χ0v) is 16.8. The fraction of sp³-hybridized carbons (Fsp3) is 0.381. The number of piperazine rings is 1. The van der Waals surface area contributed by atoms with Gasteiger partial charge in [0.1, 0.15) is 17.8 Å². The van der Waals surface area contributed by atoms with Gasteiger partial charge < -0.3 is 20.1 Å². The topological polar surface area (TPSA) is 109 Å². The van der Waals surface area contributed by atoms with Gasteiger partial charge in [-0.05, 0) is 18.1 Å². The minimum Gasteiger partial charge on any atom is -0.507 e. The van der Waals surface area contributed by atoms with Crippen molar-refractivity contribution in [2.45, 2.75) is 19.9 Å². The van der Waals surface area contributed by atoms with Crippen LogP contribution in [0.4, 0.5) is 5.95 Å². The van der Waals surface area contributed by atoms with Crippen LogP contribution in [-0.2, 0) is 0 Å². The Morgan fingerprint density at radius 1 is 1.20 bits per heavy atom. The van der Waals surface area contributed by atoms with Crippen LogP contribution in [0.1, 0.15) is 18.0 Å². The SMILES string of the molecule is [2H]C([2H])([2H])Oc1cc(-c2ccc(-c3cnc(N4CCN[C@@H](C(C)C)C4)nn3)c(O)c2)ncn1. The van der Waals surface area contributed by atoms with Crippen LogP contribution >= 0.6 is 0 Å². The number of aromatic hydroxyl groups is 1. The average molecular weight is 410 g/mol. The fourth-order valence-electron chi connectivity index (χ4n) is 3.40. The highest BCUT2D eigenvalue weighted by molar-refractivity contribution is 5.72. The van der Waals surface area contributed by atoms with E-state index in [-0.39, 0.29) is 11.6 Å². The van der Waals surface area contributed by atoms with Crippen LogP contribution in [0, 0.1) is 5.92 Å². The molecule has 30 heavy (non-hydrogen) atoms. The summed E-state index contributed by atoms with van der Waals surface area (Å²) < 4.78 is 26.4. The highest BCUT2D eigenvalue weighted by atomic mass is 16.5. The summed E-state index contributed by atoms with van der Waals surface area (Å²) in [5.41, 5.74) is 1.88. The lowest BCUT2D eigenvalue weighted by Crippen LogP contribution is -2.53. The summed E-state index contributed by atoms with van der Waals surface area (Å²) in [6.07, 6.45) is 2.80. The summed E-state index contributed by atoms with van der Waals surface area (Å²) in [5, 5.41) is 22.6. The molecule has 0 saturated carbocycles. The number of phenolic OH excluding ortho intramolecular Hbond substituents is 1. The van der Waals surface area contributed by atoms with Gasteiger partial charge in [-0.3, -0.25) is 0 Å². The molecule has 2 N–H and O–H groups in total. The molecule has 0 amide bonds. The number of hydrogen-bond acceptors (Lipinski definition) is 9. The number of hydrogen-bond donors (Lipinski definition) is 2. The van der Waals surface area contributed by atoms with E-state index in [1.807, 2.05) is 0 Å². The van der Waals surface area contributed by atoms with Crippen molar-refractivity contribution in [3.63, 3.8) is 0 Å². The lowest BCUT2D eigenvalue weighted by molar-refractivity contribution is 0.365. The van der Waals surface area contributed by atoms with Gasteiger partial charge in [0.15, 0.2) is 0 Å². The molecule has 0 spiro atoms. The van der Waals surface area contributed by atoms with Gasteiger partial charge in [0.05, 0.1) is 23.0 Å². The average Bonchev–Trinajstić information content (AvgIpc) is 2.78. The van der Waals surface area contributed by atoms with Crippen LogP contribution < -0.4 is 15.0 Å². The van der Waals surface area contributed by atoms with Gasteiger partial charge in [0, 0.05) is 42.9 Å². The third-order valence-electron chi connectivity index (χ3n) is 5.16. The van der Waals surface area contributed by atoms with Gasteiger partial charge in [-0.1, -0.05) is 19.9 Å². The Labute approximate surface area is 179 Å². The largest absolute Gasteiger partial charge is 0.507 e. The lowest BCUT2D eigenvalue weighted by Gasteiger charge is -2.35. The minimum absolute atomic E-state index is 0.0321. The van der Waals surface area contributed by atoms with Crippen LogP contribution in [0.3, 0.4) is 0 Å². The van der Waals surface area contributed by atoms with E-state index in [4.69, 9.17) is 8.85 Å². The van der Waals surface area contributed by atoms with Crippen molar-refractivity contribution in [3.8, 4) is 34.1 Å². The standard InChI is InChI=1S/C21H25N7O2/c1-13(2)18-11-28(7-6-22-18)21-23-10-17(26-27-21)15-5-4-14(8-19(15)29)16-9-20(30-3)25-12-24-16/h4-5,8-10,12-13,18,22,29H,6-7,11H2,1-3H3/t18-/m1/s1/i3D3. The highest BCUT2D eigenvalue weighted by Crippen LogP contribution is 2.32. The first kappa shape index (κ1) is 16.5. The van der Waals surface area contributed by atoms with Crippen LogP contribution in [0.15, 0.2) is 36.8 Å². The Morgan fingerprint density at radius 3 is 2.83 bits per heavy atom. The van der Waals surface area contributed by atoms with E-state index in [1.54, 1.807) is 18.3 Å². The summed E-state index contributed by atoms with van der Waals surface area (Å²) in [7, 11) is -2.62. The van der Waals surface area contributed by atoms with Crippen molar-refractivity contribution in [1.82, 2.24) is 30.5 Å². The lowest BCUT2D eigenvalue weighted by atomic mass is 10.0. The number of benzene rings is 1. The van der Waals surface area contributed by atoms with Crippen molar-refractivity contribution >= 4 is 5.95 Å². The first-order chi connectivity index (χ1) is 15.7. The second-order valence-electron chi connectivity index (χ2n) is 7.47. The summed E-state index contributed by atoms with van der Waals surface area (Å²) >= 11 is 0. The first-order valence-electron chi connectivity index (χ1n) is 11.2. The fourth-order valence-corrected chi connectivity index (χ4v) is 3.40. The third kappa shape index (κ3) is 4.16. The number of methoxy groups -OCH3 is 1. The quantitative estimate of drug-likeness (QED) is 0.654. The Hall–Kier alpha value is -3.33. The van der Waals surface area contributed by atoms with Crippen molar-refractivity contribution in [1.29, 1.82) is 0 Å². The zero-order valence-electron chi connectivity index (χ0n) is 19.8. The number of nitrogens with zero attached hydrogens (tertiary/aromatic N) is 6. The molecule has 1 aliphatic heterocycles. The van der Waals surface area contributed by atoms with Gasteiger partial charge in [0.25, 0.3) is 0 Å². The van der Waals surface area contributed by atoms with E-state index in [1.165, 1.54) is 18.5 Å². The number of anilines is 1. The van der Waals surface area contributed by atoms with E-state index >= 15 is 0 Å². The van der Waals surface area contributed by atoms with Crippen molar-refractivity contribution < 1.29 is 14.0 Å². The molecule has 0 aliphatic carbocycles. The molecule has 1 aromatic carbocycles. The predicted molar refractivity (Wildman–Crippen MR) is 113 cm³/mol. The molecular weight excluding hydrogens is 382 g/mol. The highest BCUT2D eigenvalue weighted by Gasteiger charge is 2.23. The molecule has 9 nitrogen and oxygen atoms in total. The van der Waals surface area contributed by atoms with E-state index < -0.39 is 7.04 Å². The van der Waals surface area contributed by atoms with Crippen LogP contribution in [-0.4, -0.2) is 63.0 Å². The van der Waals surface area contributed by atoms with E-state index in [0.717, 1.165) is 19.6 Å². The Balaban J connectivity index is 1.52. The molecule has 1 saturated heterocycles. The molecule has 0 bridgehead atoms. The first-order valence-corrected chi connectivity index (χ1v) is 9.72. The monoisotopic (exact) mass is 410 g/mol. The maximum Gasteiger partial charge on any atom is 0.245 e. The van der Waals surface area contributed by atoms with Gasteiger partial charge in [-0.15, -0.1) is 10.2 Å². The number of phenols is 1. The van der Waals surface area contributed by atoms with Gasteiger partial charge in [-0.25, -0.2) is 15.0 Å². The normalized spacial score (nSPS) is 18.6. The molecule has 1 aliphatic rings. The van der Waals surface area contributed by atoms with Crippen LogP contribution in [0.25, 0.3) is 22.5 Å². The van der Waals surface area contributed by atoms with E-state index in [9.17, 15) is 5.11 Å². The smallest absolute Gasteiger partial charge is 0.245 e. The molecule has 4 rings (SSSR count). The Kier molecular flexibility index (Phi) is 4.71. The summed E-state index contributed by atoms with van der Waals surface area (Å²) in [6.45, 7) is 6.83. The minimum atomic E-state index is -2.62. The molecule has 9 heteroatoms. The number of nitrogens with one attached hydrogen (secondary N) is 1. The van der Waals surface area contributed by atoms with Crippen molar-refractivity contribution in [2.24, 2.45) is 5.92 Å². The van der Waals surface area contributed by atoms with E-state index in [0.29, 0.717) is 40.4 Å².